The Morgan fingerprint density at radius 2 is 2.19 bits per heavy atom. The predicted molar refractivity (Wildman–Crippen MR) is 59.4 cm³/mol. The summed E-state index contributed by atoms with van der Waals surface area (Å²) < 4.78 is 4.91. The number of pyridine rings is 1. The number of ether oxygens (including phenoxy) is 1. The third kappa shape index (κ3) is 3.20. The van der Waals surface area contributed by atoms with Crippen LogP contribution in [0.4, 0.5) is 0 Å². The van der Waals surface area contributed by atoms with Crippen molar-refractivity contribution >= 4 is 5.97 Å². The van der Waals surface area contributed by atoms with E-state index in [1.54, 1.807) is 12.1 Å². The van der Waals surface area contributed by atoms with Crippen LogP contribution < -0.4 is 10.1 Å². The van der Waals surface area contributed by atoms with E-state index >= 15 is 0 Å². The summed E-state index contributed by atoms with van der Waals surface area (Å²) in [5.41, 5.74) is 0.613. The van der Waals surface area contributed by atoms with E-state index in [2.05, 4.69) is 10.3 Å². The molecule has 0 spiro atoms. The quantitative estimate of drug-likeness (QED) is 0.786. The number of hydrogen-bond donors (Lipinski definition) is 2. The first kappa shape index (κ1) is 12.4. The molecule has 0 bridgehead atoms. The van der Waals surface area contributed by atoms with Crippen molar-refractivity contribution in [1.82, 2.24) is 10.3 Å². The number of hydrogen-bond acceptors (Lipinski definition) is 4. The van der Waals surface area contributed by atoms with E-state index in [0.717, 1.165) is 0 Å². The van der Waals surface area contributed by atoms with E-state index in [-0.39, 0.29) is 6.04 Å². The maximum absolute atomic E-state index is 11.1. The summed E-state index contributed by atoms with van der Waals surface area (Å²) in [6.07, 6.45) is 1.51. The van der Waals surface area contributed by atoms with Crippen molar-refractivity contribution in [2.75, 3.05) is 7.11 Å². The molecule has 1 rings (SSSR count). The zero-order valence-corrected chi connectivity index (χ0v) is 9.60. The van der Waals surface area contributed by atoms with Crippen LogP contribution in [-0.4, -0.2) is 29.2 Å². The molecule has 0 aliphatic rings. The minimum absolute atomic E-state index is 0.0863. The fourth-order valence-corrected chi connectivity index (χ4v) is 1.33. The summed E-state index contributed by atoms with van der Waals surface area (Å²) in [6.45, 7) is 3.79. The SMILES string of the molecule is COc1ccc(C(NC(C)C)C(=O)O)cn1. The normalized spacial score (nSPS) is 12.5. The third-order valence-electron chi connectivity index (χ3n) is 2.05. The van der Waals surface area contributed by atoms with E-state index in [9.17, 15) is 4.79 Å². The second-order valence-electron chi connectivity index (χ2n) is 3.73. The van der Waals surface area contributed by atoms with Gasteiger partial charge in [-0.2, -0.15) is 0 Å². The molecule has 1 atom stereocenters. The maximum atomic E-state index is 11.1. The lowest BCUT2D eigenvalue weighted by Crippen LogP contribution is -2.33. The van der Waals surface area contributed by atoms with Gasteiger partial charge in [-0.25, -0.2) is 4.98 Å². The topological polar surface area (TPSA) is 71.5 Å². The number of rotatable bonds is 5. The zero-order valence-electron chi connectivity index (χ0n) is 9.60. The van der Waals surface area contributed by atoms with Gasteiger partial charge in [0, 0.05) is 18.3 Å². The number of methoxy groups -OCH3 is 1. The van der Waals surface area contributed by atoms with E-state index < -0.39 is 12.0 Å². The Bertz CT molecular complexity index is 349. The summed E-state index contributed by atoms with van der Waals surface area (Å²) in [5, 5.41) is 12.0. The molecular weight excluding hydrogens is 208 g/mol. The first-order valence-corrected chi connectivity index (χ1v) is 5.03. The zero-order chi connectivity index (χ0) is 12.1. The van der Waals surface area contributed by atoms with Crippen molar-refractivity contribution < 1.29 is 14.6 Å². The van der Waals surface area contributed by atoms with Gasteiger partial charge >= 0.3 is 5.97 Å². The highest BCUT2D eigenvalue weighted by Crippen LogP contribution is 2.15. The van der Waals surface area contributed by atoms with Gasteiger partial charge in [-0.3, -0.25) is 10.1 Å². The summed E-state index contributed by atoms with van der Waals surface area (Å²) in [4.78, 5) is 15.1. The second-order valence-corrected chi connectivity index (χ2v) is 3.73. The number of aliphatic carboxylic acids is 1. The number of carboxylic acid groups (broad SMARTS) is 1. The molecule has 5 heteroatoms. The number of nitrogens with one attached hydrogen (secondary N) is 1. The molecule has 1 unspecified atom stereocenters. The molecule has 1 heterocycles. The van der Waals surface area contributed by atoms with Gasteiger partial charge in [0.2, 0.25) is 5.88 Å². The number of carboxylic acids is 1. The van der Waals surface area contributed by atoms with E-state index in [4.69, 9.17) is 9.84 Å². The fraction of sp³-hybridized carbons (Fsp3) is 0.455. The Balaban J connectivity index is 2.88. The van der Waals surface area contributed by atoms with Crippen molar-refractivity contribution in [2.24, 2.45) is 0 Å². The monoisotopic (exact) mass is 224 g/mol. The van der Waals surface area contributed by atoms with Crippen LogP contribution in [0, 0.1) is 0 Å². The van der Waals surface area contributed by atoms with Crippen LogP contribution >= 0.6 is 0 Å². The van der Waals surface area contributed by atoms with Crippen molar-refractivity contribution in [3.8, 4) is 5.88 Å². The lowest BCUT2D eigenvalue weighted by Gasteiger charge is -2.17. The van der Waals surface area contributed by atoms with Crippen LogP contribution in [-0.2, 0) is 4.79 Å². The van der Waals surface area contributed by atoms with Crippen LogP contribution in [0.1, 0.15) is 25.5 Å². The lowest BCUT2D eigenvalue weighted by molar-refractivity contribution is -0.139. The second kappa shape index (κ2) is 5.46. The molecule has 5 nitrogen and oxygen atoms in total. The minimum Gasteiger partial charge on any atom is -0.481 e. The molecule has 0 saturated carbocycles. The molecule has 1 aromatic rings. The molecule has 0 aromatic carbocycles. The van der Waals surface area contributed by atoms with Crippen LogP contribution in [0.15, 0.2) is 18.3 Å². The van der Waals surface area contributed by atoms with Gasteiger partial charge in [0.25, 0.3) is 0 Å². The summed E-state index contributed by atoms with van der Waals surface area (Å²) in [5.74, 6) is -0.446. The Hall–Kier alpha value is -1.62. The smallest absolute Gasteiger partial charge is 0.325 e. The van der Waals surface area contributed by atoms with Gasteiger partial charge in [0.15, 0.2) is 0 Å². The van der Waals surface area contributed by atoms with E-state index in [1.807, 2.05) is 13.8 Å². The van der Waals surface area contributed by atoms with Gasteiger partial charge in [0.05, 0.1) is 7.11 Å². The third-order valence-corrected chi connectivity index (χ3v) is 2.05. The summed E-state index contributed by atoms with van der Waals surface area (Å²) in [6, 6.07) is 2.69. The molecule has 0 aliphatic carbocycles. The van der Waals surface area contributed by atoms with Crippen LogP contribution in [0.3, 0.4) is 0 Å². The highest BCUT2D eigenvalue weighted by Gasteiger charge is 2.20. The maximum Gasteiger partial charge on any atom is 0.325 e. The van der Waals surface area contributed by atoms with Gasteiger partial charge in [-0.05, 0) is 25.5 Å². The van der Waals surface area contributed by atoms with Crippen LogP contribution in [0.5, 0.6) is 5.88 Å². The largest absolute Gasteiger partial charge is 0.481 e. The highest BCUT2D eigenvalue weighted by molar-refractivity contribution is 5.75. The molecule has 16 heavy (non-hydrogen) atoms. The molecule has 0 aliphatic heterocycles. The van der Waals surface area contributed by atoms with Crippen LogP contribution in [0.25, 0.3) is 0 Å². The average Bonchev–Trinajstić information content (AvgIpc) is 2.25. The Labute approximate surface area is 94.5 Å². The van der Waals surface area contributed by atoms with E-state index in [0.29, 0.717) is 11.4 Å². The average molecular weight is 224 g/mol. The molecule has 88 valence electrons. The molecule has 0 fully saturated rings. The van der Waals surface area contributed by atoms with Gasteiger partial charge in [0.1, 0.15) is 6.04 Å². The summed E-state index contributed by atoms with van der Waals surface area (Å²) in [7, 11) is 1.52. The predicted octanol–water partition coefficient (Wildman–Crippen LogP) is 1.21. The first-order valence-electron chi connectivity index (χ1n) is 5.03. The number of nitrogens with zero attached hydrogens (tertiary/aromatic N) is 1. The van der Waals surface area contributed by atoms with Gasteiger partial charge < -0.3 is 9.84 Å². The number of carbonyl (C=O) groups is 1. The highest BCUT2D eigenvalue weighted by atomic mass is 16.5. The number of aromatic nitrogens is 1. The Morgan fingerprint density at radius 1 is 1.50 bits per heavy atom. The van der Waals surface area contributed by atoms with Gasteiger partial charge in [-0.1, -0.05) is 0 Å². The summed E-state index contributed by atoms with van der Waals surface area (Å²) >= 11 is 0. The van der Waals surface area contributed by atoms with Gasteiger partial charge in [-0.15, -0.1) is 0 Å². The first-order chi connectivity index (χ1) is 7.54. The van der Waals surface area contributed by atoms with E-state index in [1.165, 1.54) is 13.3 Å². The fourth-order valence-electron chi connectivity index (χ4n) is 1.33. The molecular formula is C11H16N2O3. The van der Waals surface area contributed by atoms with Crippen molar-refractivity contribution in [3.05, 3.63) is 23.9 Å². The van der Waals surface area contributed by atoms with Crippen molar-refractivity contribution in [2.45, 2.75) is 25.9 Å². The molecule has 2 N–H and O–H groups in total. The lowest BCUT2D eigenvalue weighted by atomic mass is 10.1. The van der Waals surface area contributed by atoms with Crippen LogP contribution in [0.2, 0.25) is 0 Å². The minimum atomic E-state index is -0.916. The van der Waals surface area contributed by atoms with Crippen molar-refractivity contribution in [1.29, 1.82) is 0 Å². The molecule has 0 radical (unpaired) electrons. The molecule has 0 amide bonds. The molecule has 0 saturated heterocycles. The standard InChI is InChI=1S/C11H16N2O3/c1-7(2)13-10(11(14)15)8-4-5-9(16-3)12-6-8/h4-7,10,13H,1-3H3,(H,14,15). The Morgan fingerprint density at radius 3 is 2.56 bits per heavy atom. The van der Waals surface area contributed by atoms with Crippen molar-refractivity contribution in [3.63, 3.8) is 0 Å². The molecule has 1 aromatic heterocycles. The Kier molecular flexibility index (Phi) is 4.25.